The first-order chi connectivity index (χ1) is 17.8. The van der Waals surface area contributed by atoms with E-state index in [2.05, 4.69) is 101 Å². The van der Waals surface area contributed by atoms with Crippen LogP contribution in [0.25, 0.3) is 60.3 Å². The van der Waals surface area contributed by atoms with Crippen LogP contribution in [-0.4, -0.2) is 16.2 Å². The Morgan fingerprint density at radius 1 is 0.722 bits per heavy atom. The molecule has 4 nitrogen and oxygen atoms in total. The average Bonchev–Trinajstić information content (AvgIpc) is 3.58. The van der Waals surface area contributed by atoms with E-state index in [4.69, 9.17) is 9.41 Å². The van der Waals surface area contributed by atoms with Gasteiger partial charge in [0.25, 0.3) is 0 Å². The summed E-state index contributed by atoms with van der Waals surface area (Å²) in [4.78, 5) is 5.21. The lowest BCUT2D eigenvalue weighted by Gasteiger charge is -2.23. The third kappa shape index (κ3) is 2.22. The van der Waals surface area contributed by atoms with Crippen LogP contribution < -0.4 is 5.32 Å². The smallest absolute Gasteiger partial charge is 0.162 e. The van der Waals surface area contributed by atoms with Gasteiger partial charge in [-0.15, -0.1) is 0 Å². The molecule has 4 heterocycles. The van der Waals surface area contributed by atoms with Crippen molar-refractivity contribution in [2.45, 2.75) is 6.04 Å². The number of hydrogen-bond donors (Lipinski definition) is 1. The van der Waals surface area contributed by atoms with Crippen LogP contribution in [0.2, 0.25) is 0 Å². The molecule has 3 aromatic heterocycles. The van der Waals surface area contributed by atoms with Crippen molar-refractivity contribution in [1.82, 2.24) is 4.40 Å². The van der Waals surface area contributed by atoms with E-state index in [0.29, 0.717) is 0 Å². The van der Waals surface area contributed by atoms with Gasteiger partial charge in [-0.1, -0.05) is 72.8 Å². The van der Waals surface area contributed by atoms with Crippen molar-refractivity contribution in [1.29, 1.82) is 0 Å². The second kappa shape index (κ2) is 6.43. The van der Waals surface area contributed by atoms with Crippen LogP contribution in [0, 0.1) is 0 Å². The van der Waals surface area contributed by atoms with Gasteiger partial charge in [-0.2, -0.15) is 0 Å². The predicted octanol–water partition coefficient (Wildman–Crippen LogP) is 8.24. The van der Waals surface area contributed by atoms with E-state index >= 15 is 0 Å². The van der Waals surface area contributed by atoms with Gasteiger partial charge in [0.1, 0.15) is 5.58 Å². The average molecular weight is 462 g/mol. The number of fused-ring (bicyclic) bond motifs is 11. The molecule has 0 amide bonds. The number of aliphatic imine (C=N–C) groups is 1. The van der Waals surface area contributed by atoms with E-state index in [9.17, 15) is 0 Å². The molecule has 0 fully saturated rings. The van der Waals surface area contributed by atoms with Crippen LogP contribution in [0.1, 0.15) is 0 Å². The minimum atomic E-state index is 0.0753. The van der Waals surface area contributed by atoms with Crippen molar-refractivity contribution < 1.29 is 4.42 Å². The number of anilines is 1. The summed E-state index contributed by atoms with van der Waals surface area (Å²) < 4.78 is 8.84. The minimum Gasteiger partial charge on any atom is -0.454 e. The Balaban J connectivity index is 1.51. The SMILES string of the molecule is C1=CC2=Nc3c(c4cc(-c5ccccc5)cc5c6ccc7c8ccccc8oc7c6n3c45)NC2C=C1. The van der Waals surface area contributed by atoms with Gasteiger partial charge >= 0.3 is 0 Å². The number of nitrogens with one attached hydrogen (secondary N) is 1. The number of rotatable bonds is 1. The summed E-state index contributed by atoms with van der Waals surface area (Å²) in [7, 11) is 0. The van der Waals surface area contributed by atoms with Crippen molar-refractivity contribution in [2.24, 2.45) is 4.99 Å². The molecule has 0 bridgehead atoms. The highest BCUT2D eigenvalue weighted by Crippen LogP contribution is 2.49. The maximum Gasteiger partial charge on any atom is 0.162 e. The van der Waals surface area contributed by atoms with Crippen LogP contribution in [0.5, 0.6) is 0 Å². The van der Waals surface area contributed by atoms with E-state index in [-0.39, 0.29) is 6.04 Å². The number of para-hydroxylation sites is 1. The summed E-state index contributed by atoms with van der Waals surface area (Å²) >= 11 is 0. The zero-order valence-electron chi connectivity index (χ0n) is 19.2. The van der Waals surface area contributed by atoms with E-state index < -0.39 is 0 Å². The molecule has 1 unspecified atom stereocenters. The van der Waals surface area contributed by atoms with Crippen LogP contribution in [0.15, 0.2) is 113 Å². The quantitative estimate of drug-likeness (QED) is 0.267. The van der Waals surface area contributed by atoms with E-state index in [1.54, 1.807) is 0 Å². The Bertz CT molecular complexity index is 2120. The summed E-state index contributed by atoms with van der Waals surface area (Å²) in [6.45, 7) is 0. The van der Waals surface area contributed by atoms with E-state index in [1.807, 2.05) is 12.1 Å². The largest absolute Gasteiger partial charge is 0.454 e. The fraction of sp³-hybridized carbons (Fsp3) is 0.0312. The molecule has 1 aliphatic heterocycles. The van der Waals surface area contributed by atoms with Gasteiger partial charge in [-0.25, -0.2) is 4.99 Å². The Hall–Kier alpha value is -4.83. The predicted molar refractivity (Wildman–Crippen MR) is 149 cm³/mol. The van der Waals surface area contributed by atoms with Crippen molar-refractivity contribution >= 4 is 66.3 Å². The molecule has 168 valence electrons. The molecule has 1 N–H and O–H groups in total. The molecule has 1 atom stereocenters. The Kier molecular flexibility index (Phi) is 3.30. The molecule has 7 aromatic rings. The summed E-state index contributed by atoms with van der Waals surface area (Å²) in [5, 5.41) is 9.64. The second-order valence-corrected chi connectivity index (χ2v) is 9.66. The number of aromatic nitrogens is 1. The molecule has 1 aliphatic carbocycles. The summed E-state index contributed by atoms with van der Waals surface area (Å²) in [6, 6.07) is 28.0. The molecule has 36 heavy (non-hydrogen) atoms. The molecule has 0 saturated carbocycles. The highest BCUT2D eigenvalue weighted by Gasteiger charge is 2.30. The molecule has 0 radical (unpaired) electrons. The zero-order valence-corrected chi connectivity index (χ0v) is 19.2. The van der Waals surface area contributed by atoms with E-state index in [1.165, 1.54) is 32.8 Å². The third-order valence-electron chi connectivity index (χ3n) is 7.72. The zero-order chi connectivity index (χ0) is 23.4. The number of nitrogens with zero attached hydrogens (tertiary/aromatic N) is 2. The second-order valence-electron chi connectivity index (χ2n) is 9.66. The molecule has 2 aliphatic rings. The summed E-state index contributed by atoms with van der Waals surface area (Å²) in [5.41, 5.74) is 8.59. The Morgan fingerprint density at radius 3 is 2.50 bits per heavy atom. The van der Waals surface area contributed by atoms with Crippen LogP contribution in [0.4, 0.5) is 11.5 Å². The van der Waals surface area contributed by atoms with Crippen LogP contribution >= 0.6 is 0 Å². The van der Waals surface area contributed by atoms with Crippen LogP contribution in [0.3, 0.4) is 0 Å². The van der Waals surface area contributed by atoms with Gasteiger partial charge in [0.05, 0.1) is 28.5 Å². The van der Waals surface area contributed by atoms with Gasteiger partial charge in [-0.05, 0) is 41.5 Å². The van der Waals surface area contributed by atoms with Gasteiger partial charge in [-0.3, -0.25) is 4.40 Å². The molecule has 0 spiro atoms. The lowest BCUT2D eigenvalue weighted by Crippen LogP contribution is -2.29. The first-order valence-corrected chi connectivity index (χ1v) is 12.3. The molecule has 0 saturated heterocycles. The standard InChI is InChI=1S/C32H19N3O/c1-2-8-18(9-3-1)19-16-23-21-14-15-22-20-10-4-7-13-27(20)36-31(22)30(21)35-29(23)24(17-19)28-32(35)34-26-12-6-5-11-25(26)33-28/h1-17,25,33H. The van der Waals surface area contributed by atoms with Gasteiger partial charge in [0, 0.05) is 26.9 Å². The number of benzene rings is 4. The van der Waals surface area contributed by atoms with Crippen molar-refractivity contribution in [3.05, 3.63) is 103 Å². The molecule has 9 rings (SSSR count). The van der Waals surface area contributed by atoms with Crippen molar-refractivity contribution in [3.8, 4) is 11.1 Å². The maximum absolute atomic E-state index is 6.52. The number of allylic oxidation sites excluding steroid dienone is 2. The molecular formula is C32H19N3O. The first-order valence-electron chi connectivity index (χ1n) is 12.3. The summed E-state index contributed by atoms with van der Waals surface area (Å²) in [6.07, 6.45) is 8.41. The highest BCUT2D eigenvalue weighted by molar-refractivity contribution is 6.28. The fourth-order valence-corrected chi connectivity index (χ4v) is 6.12. The Labute approximate surface area is 205 Å². The first kappa shape index (κ1) is 18.5. The third-order valence-corrected chi connectivity index (χ3v) is 7.72. The lowest BCUT2D eigenvalue weighted by atomic mass is 9.99. The van der Waals surface area contributed by atoms with Gasteiger partial charge in [0.2, 0.25) is 0 Å². The summed E-state index contributed by atoms with van der Waals surface area (Å²) in [5.74, 6) is 0.939. The molecular weight excluding hydrogens is 442 g/mol. The fourth-order valence-electron chi connectivity index (χ4n) is 6.12. The lowest BCUT2D eigenvalue weighted by molar-refractivity contribution is 0.671. The highest BCUT2D eigenvalue weighted by atomic mass is 16.3. The number of furan rings is 1. The minimum absolute atomic E-state index is 0.0753. The van der Waals surface area contributed by atoms with Gasteiger partial charge < -0.3 is 9.73 Å². The monoisotopic (exact) mass is 461 g/mol. The van der Waals surface area contributed by atoms with Crippen LogP contribution in [-0.2, 0) is 0 Å². The normalized spacial score (nSPS) is 16.8. The molecule has 4 heteroatoms. The van der Waals surface area contributed by atoms with Crippen molar-refractivity contribution in [3.63, 3.8) is 0 Å². The number of hydrogen-bond acceptors (Lipinski definition) is 3. The van der Waals surface area contributed by atoms with Gasteiger partial charge in [0.15, 0.2) is 11.4 Å². The van der Waals surface area contributed by atoms with Crippen molar-refractivity contribution in [2.75, 3.05) is 5.32 Å². The maximum atomic E-state index is 6.52. The topological polar surface area (TPSA) is 41.9 Å². The Morgan fingerprint density at radius 2 is 1.56 bits per heavy atom. The van der Waals surface area contributed by atoms with E-state index in [0.717, 1.165) is 44.7 Å². The molecule has 4 aromatic carbocycles.